The fraction of sp³-hybridized carbons (Fsp3) is 0.900. The van der Waals surface area contributed by atoms with E-state index in [-0.39, 0.29) is 39.4 Å². The molecule has 0 spiro atoms. The summed E-state index contributed by atoms with van der Waals surface area (Å²) in [6, 6.07) is 0. The molecule has 0 aromatic carbocycles. The summed E-state index contributed by atoms with van der Waals surface area (Å²) in [6.45, 7) is 0.896. The number of unbranched alkanes of at least 4 members (excludes halogenated alkanes) is 2. The molecule has 0 saturated heterocycles. The molecule has 7 heteroatoms. The molecule has 0 saturated carbocycles. The Labute approximate surface area is 101 Å². The van der Waals surface area contributed by atoms with Crippen LogP contribution in [0.4, 0.5) is 0 Å². The molecule has 0 fully saturated rings. The molecule has 4 N–H and O–H groups in total. The van der Waals surface area contributed by atoms with E-state index < -0.39 is 0 Å². The smallest absolute Gasteiger partial charge is 0.246 e. The molecule has 102 valence electrons. The fourth-order valence-electron chi connectivity index (χ4n) is 1.03. The summed E-state index contributed by atoms with van der Waals surface area (Å²) in [6.07, 6.45) is 2.52. The summed E-state index contributed by atoms with van der Waals surface area (Å²) in [5.74, 6) is -0.183. The van der Waals surface area contributed by atoms with Gasteiger partial charge in [0.1, 0.15) is 13.4 Å². The lowest BCUT2D eigenvalue weighted by Gasteiger charge is -2.06. The van der Waals surface area contributed by atoms with Crippen molar-refractivity contribution in [2.75, 3.05) is 40.1 Å². The van der Waals surface area contributed by atoms with Gasteiger partial charge in [-0.15, -0.1) is 0 Å². The molecule has 0 heterocycles. The van der Waals surface area contributed by atoms with Gasteiger partial charge in [-0.05, 0) is 19.3 Å². The van der Waals surface area contributed by atoms with Crippen molar-refractivity contribution >= 4 is 5.91 Å². The lowest BCUT2D eigenvalue weighted by molar-refractivity contribution is -0.146. The zero-order chi connectivity index (χ0) is 12.8. The number of nitrogens with two attached hydrogens (primary N) is 1. The van der Waals surface area contributed by atoms with Crippen molar-refractivity contribution in [2.24, 2.45) is 5.73 Å². The normalized spacial score (nSPS) is 10.5. The summed E-state index contributed by atoms with van der Waals surface area (Å²) < 4.78 is 14.5. The summed E-state index contributed by atoms with van der Waals surface area (Å²) in [5, 5.41) is 11.2. The van der Waals surface area contributed by atoms with Gasteiger partial charge in [-0.2, -0.15) is 0 Å². The Hall–Kier alpha value is -0.730. The predicted molar refractivity (Wildman–Crippen MR) is 60.9 cm³/mol. The molecule has 0 aromatic rings. The molecule has 0 bridgehead atoms. The van der Waals surface area contributed by atoms with Crippen molar-refractivity contribution in [1.29, 1.82) is 0 Å². The van der Waals surface area contributed by atoms with Crippen molar-refractivity contribution in [3.8, 4) is 0 Å². The molecule has 17 heavy (non-hydrogen) atoms. The maximum absolute atomic E-state index is 11.2. The number of amides is 1. The minimum atomic E-state index is -0.183. The van der Waals surface area contributed by atoms with E-state index >= 15 is 0 Å². The maximum Gasteiger partial charge on any atom is 0.246 e. The van der Waals surface area contributed by atoms with Gasteiger partial charge in [-0.3, -0.25) is 4.79 Å². The van der Waals surface area contributed by atoms with E-state index in [2.05, 4.69) is 5.32 Å². The number of hydrogen-bond acceptors (Lipinski definition) is 6. The Kier molecular flexibility index (Phi) is 12.8. The second kappa shape index (κ2) is 13.3. The molecular formula is C10H22N2O5. The first-order valence-corrected chi connectivity index (χ1v) is 5.62. The number of rotatable bonds is 12. The van der Waals surface area contributed by atoms with E-state index in [4.69, 9.17) is 25.1 Å². The van der Waals surface area contributed by atoms with Gasteiger partial charge in [0.05, 0.1) is 6.73 Å². The van der Waals surface area contributed by atoms with Crippen molar-refractivity contribution in [2.45, 2.75) is 19.3 Å². The van der Waals surface area contributed by atoms with Crippen LogP contribution in [0, 0.1) is 0 Å². The number of aliphatic hydroxyl groups is 1. The number of ether oxygens (including phenoxy) is 3. The van der Waals surface area contributed by atoms with Gasteiger partial charge in [0.25, 0.3) is 0 Å². The third kappa shape index (κ3) is 13.2. The van der Waals surface area contributed by atoms with Crippen LogP contribution >= 0.6 is 0 Å². The third-order valence-corrected chi connectivity index (χ3v) is 1.84. The van der Waals surface area contributed by atoms with Gasteiger partial charge in [0.2, 0.25) is 5.91 Å². The highest BCUT2D eigenvalue weighted by Crippen LogP contribution is 1.91. The molecule has 0 unspecified atom stereocenters. The van der Waals surface area contributed by atoms with Gasteiger partial charge < -0.3 is 30.4 Å². The van der Waals surface area contributed by atoms with Crippen LogP contribution in [-0.4, -0.2) is 51.1 Å². The van der Waals surface area contributed by atoms with Gasteiger partial charge in [0.15, 0.2) is 6.79 Å². The minimum Gasteiger partial charge on any atom is -0.396 e. The first kappa shape index (κ1) is 16.3. The van der Waals surface area contributed by atoms with E-state index in [0.717, 1.165) is 19.3 Å². The van der Waals surface area contributed by atoms with Crippen LogP contribution in [0.2, 0.25) is 0 Å². The standard InChI is InChI=1S/C10H22N2O5/c11-7-16-9-17-8-15-6-10(14)12-4-2-1-3-5-13/h13H,1-9,11H2,(H,12,14). The van der Waals surface area contributed by atoms with E-state index in [0.29, 0.717) is 6.54 Å². The molecule has 0 aliphatic carbocycles. The molecule has 0 radical (unpaired) electrons. The summed E-state index contributed by atoms with van der Waals surface area (Å²) >= 11 is 0. The average Bonchev–Trinajstić information content (AvgIpc) is 2.33. The second-order valence-corrected chi connectivity index (χ2v) is 3.29. The topological polar surface area (TPSA) is 103 Å². The molecule has 0 atom stereocenters. The van der Waals surface area contributed by atoms with E-state index in [1.807, 2.05) is 0 Å². The molecule has 0 aliphatic heterocycles. The SMILES string of the molecule is NCOCOCOCC(=O)NCCCCCO. The highest BCUT2D eigenvalue weighted by atomic mass is 16.7. The van der Waals surface area contributed by atoms with Crippen LogP contribution < -0.4 is 11.1 Å². The van der Waals surface area contributed by atoms with Crippen molar-refractivity contribution in [1.82, 2.24) is 5.32 Å². The summed E-state index contributed by atoms with van der Waals surface area (Å²) in [5.41, 5.74) is 5.06. The van der Waals surface area contributed by atoms with E-state index in [1.165, 1.54) is 0 Å². The van der Waals surface area contributed by atoms with Crippen molar-refractivity contribution in [3.63, 3.8) is 0 Å². The van der Waals surface area contributed by atoms with Crippen LogP contribution in [-0.2, 0) is 19.0 Å². The quantitative estimate of drug-likeness (QED) is 0.308. The Morgan fingerprint density at radius 2 is 1.88 bits per heavy atom. The van der Waals surface area contributed by atoms with Gasteiger partial charge in [-0.25, -0.2) is 0 Å². The van der Waals surface area contributed by atoms with E-state index in [9.17, 15) is 4.79 Å². The Morgan fingerprint density at radius 1 is 1.12 bits per heavy atom. The monoisotopic (exact) mass is 250 g/mol. The highest BCUT2D eigenvalue weighted by Gasteiger charge is 2.00. The fourth-order valence-corrected chi connectivity index (χ4v) is 1.03. The van der Waals surface area contributed by atoms with Crippen LogP contribution in [0.3, 0.4) is 0 Å². The summed E-state index contributed by atoms with van der Waals surface area (Å²) in [7, 11) is 0. The Morgan fingerprint density at radius 3 is 2.59 bits per heavy atom. The number of nitrogens with one attached hydrogen (secondary N) is 1. The van der Waals surface area contributed by atoms with Crippen molar-refractivity contribution in [3.05, 3.63) is 0 Å². The van der Waals surface area contributed by atoms with Crippen LogP contribution in [0.25, 0.3) is 0 Å². The van der Waals surface area contributed by atoms with Crippen LogP contribution in [0.5, 0.6) is 0 Å². The molecule has 0 aliphatic rings. The van der Waals surface area contributed by atoms with E-state index in [1.54, 1.807) is 0 Å². The predicted octanol–water partition coefficient (Wildman–Crippen LogP) is -0.854. The first-order chi connectivity index (χ1) is 8.31. The Balaban J connectivity index is 3.12. The maximum atomic E-state index is 11.2. The number of aliphatic hydroxyl groups excluding tert-OH is 1. The Bertz CT molecular complexity index is 180. The minimum absolute atomic E-state index is 0.00205. The highest BCUT2D eigenvalue weighted by molar-refractivity contribution is 5.77. The number of carbonyl (C=O) groups is 1. The molecule has 0 aromatic heterocycles. The van der Waals surface area contributed by atoms with Gasteiger partial charge >= 0.3 is 0 Å². The molecule has 7 nitrogen and oxygen atoms in total. The third-order valence-electron chi connectivity index (χ3n) is 1.84. The molecule has 1 amide bonds. The van der Waals surface area contributed by atoms with Crippen LogP contribution in [0.1, 0.15) is 19.3 Å². The van der Waals surface area contributed by atoms with Gasteiger partial charge in [-0.1, -0.05) is 0 Å². The molecular weight excluding hydrogens is 228 g/mol. The van der Waals surface area contributed by atoms with Crippen LogP contribution in [0.15, 0.2) is 0 Å². The zero-order valence-electron chi connectivity index (χ0n) is 10.0. The second-order valence-electron chi connectivity index (χ2n) is 3.29. The first-order valence-electron chi connectivity index (χ1n) is 5.62. The average molecular weight is 250 g/mol. The lowest BCUT2D eigenvalue weighted by atomic mass is 10.2. The largest absolute Gasteiger partial charge is 0.396 e. The molecule has 0 rings (SSSR count). The zero-order valence-corrected chi connectivity index (χ0v) is 10.0. The number of hydrogen-bond donors (Lipinski definition) is 3. The van der Waals surface area contributed by atoms with Crippen molar-refractivity contribution < 1.29 is 24.1 Å². The number of carbonyl (C=O) groups excluding carboxylic acids is 1. The van der Waals surface area contributed by atoms with Gasteiger partial charge in [0, 0.05) is 13.2 Å². The summed E-state index contributed by atoms with van der Waals surface area (Å²) in [4.78, 5) is 11.2. The lowest BCUT2D eigenvalue weighted by Crippen LogP contribution is -2.29.